The molecule has 0 fully saturated rings. The van der Waals surface area contributed by atoms with Gasteiger partial charge < -0.3 is 9.05 Å². The molecule has 0 heterocycles. The minimum atomic E-state index is -0.596. The summed E-state index contributed by atoms with van der Waals surface area (Å²) >= 11 is 0. The lowest BCUT2D eigenvalue weighted by atomic mass is 10.1. The van der Waals surface area contributed by atoms with Gasteiger partial charge in [-0.2, -0.15) is 0 Å². The van der Waals surface area contributed by atoms with E-state index in [-0.39, 0.29) is 11.1 Å². The Hall–Kier alpha value is -0.980. The second-order valence-electron chi connectivity index (χ2n) is 2.36. The van der Waals surface area contributed by atoms with Crippen LogP contribution in [0.5, 0.6) is 0 Å². The fourth-order valence-electron chi connectivity index (χ4n) is 0.966. The van der Waals surface area contributed by atoms with E-state index >= 15 is 0 Å². The third kappa shape index (κ3) is 2.28. The van der Waals surface area contributed by atoms with E-state index in [4.69, 9.17) is 0 Å². The molecule has 6 heteroatoms. The molecule has 14 heavy (non-hydrogen) atoms. The highest BCUT2D eigenvalue weighted by molar-refractivity contribution is 7.11. The van der Waals surface area contributed by atoms with Crippen LogP contribution in [0.25, 0.3) is 0 Å². The van der Waals surface area contributed by atoms with Crippen LogP contribution in [-0.4, -0.2) is 11.9 Å². The first-order chi connectivity index (χ1) is 6.70. The molecule has 1 rings (SSSR count). The van der Waals surface area contributed by atoms with Crippen LogP contribution in [0.4, 0.5) is 0 Å². The van der Waals surface area contributed by atoms with E-state index in [0.717, 1.165) is 0 Å². The first-order valence-corrected chi connectivity index (χ1v) is 4.56. The van der Waals surface area contributed by atoms with Gasteiger partial charge in [-0.05, 0) is 12.1 Å². The highest BCUT2D eigenvalue weighted by Crippen LogP contribution is 2.13. The number of hydrogen-bond acceptors (Lipinski definition) is 4. The average Bonchev–Trinajstić information content (AvgIpc) is 2.27. The zero-order valence-corrected chi connectivity index (χ0v) is 9.41. The molecule has 0 saturated heterocycles. The number of carbonyl (C=O) groups is 2. The molecule has 0 saturated carbocycles. The monoisotopic (exact) mass is 230 g/mol. The molecule has 0 bridgehead atoms. The third-order valence-electron chi connectivity index (χ3n) is 1.58. The molecule has 0 aromatic heterocycles. The van der Waals surface area contributed by atoms with Gasteiger partial charge in [0.15, 0.2) is 0 Å². The highest BCUT2D eigenvalue weighted by atomic mass is 31.0. The maximum absolute atomic E-state index is 11.2. The van der Waals surface area contributed by atoms with Crippen LogP contribution >= 0.6 is 18.9 Å². The third-order valence-corrected chi connectivity index (χ3v) is 2.01. The van der Waals surface area contributed by atoms with Crippen molar-refractivity contribution in [3.05, 3.63) is 35.4 Å². The maximum atomic E-state index is 11.2. The summed E-state index contributed by atoms with van der Waals surface area (Å²) < 4.78 is 8.87. The van der Waals surface area contributed by atoms with E-state index < -0.39 is 11.9 Å². The molecular weight excluding hydrogens is 222 g/mol. The van der Waals surface area contributed by atoms with Crippen molar-refractivity contribution in [1.82, 2.24) is 0 Å². The standard InChI is InChI=1S/C8H8O4P2/c9-7(11-13)5-3-1-2-4-6(5)8(10)12-14/h1-4H,13-14H2. The highest BCUT2D eigenvalue weighted by Gasteiger charge is 2.16. The van der Waals surface area contributed by atoms with Crippen LogP contribution in [-0.2, 0) is 9.05 Å². The Balaban J connectivity index is 3.15. The van der Waals surface area contributed by atoms with Crippen molar-refractivity contribution < 1.29 is 18.6 Å². The van der Waals surface area contributed by atoms with Crippen LogP contribution in [0.15, 0.2) is 24.3 Å². The van der Waals surface area contributed by atoms with Gasteiger partial charge in [0.1, 0.15) is 0 Å². The Kier molecular flexibility index (Phi) is 3.99. The number of benzene rings is 1. The predicted octanol–water partition coefficient (Wildman–Crippen LogP) is 1.58. The summed E-state index contributed by atoms with van der Waals surface area (Å²) in [7, 11) is 3.66. The lowest BCUT2D eigenvalue weighted by Gasteiger charge is -2.04. The molecule has 0 aliphatic heterocycles. The molecule has 74 valence electrons. The Morgan fingerprint density at radius 3 is 1.57 bits per heavy atom. The zero-order valence-electron chi connectivity index (χ0n) is 7.10. The van der Waals surface area contributed by atoms with Crippen molar-refractivity contribution in [1.29, 1.82) is 0 Å². The summed E-state index contributed by atoms with van der Waals surface area (Å²) in [4.78, 5) is 22.4. The molecule has 0 spiro atoms. The minimum Gasteiger partial charge on any atom is -0.448 e. The quantitative estimate of drug-likeness (QED) is 0.723. The summed E-state index contributed by atoms with van der Waals surface area (Å²) in [5.74, 6) is -1.19. The van der Waals surface area contributed by atoms with Crippen molar-refractivity contribution in [2.75, 3.05) is 0 Å². The number of carbonyl (C=O) groups excluding carboxylic acids is 2. The predicted molar refractivity (Wildman–Crippen MR) is 56.7 cm³/mol. The molecule has 0 amide bonds. The Labute approximate surface area is 85.5 Å². The molecule has 2 unspecified atom stereocenters. The molecule has 0 aliphatic rings. The second-order valence-corrected chi connectivity index (χ2v) is 2.83. The molecule has 0 N–H and O–H groups in total. The fourth-order valence-corrected chi connectivity index (χ4v) is 1.22. The largest absolute Gasteiger partial charge is 0.448 e. The van der Waals surface area contributed by atoms with Gasteiger partial charge in [0, 0.05) is 0 Å². The minimum absolute atomic E-state index is 0.176. The van der Waals surface area contributed by atoms with Gasteiger partial charge in [0.05, 0.1) is 30.1 Å². The summed E-state index contributed by atoms with van der Waals surface area (Å²) in [6, 6.07) is 6.25. The van der Waals surface area contributed by atoms with Crippen LogP contribution in [0.1, 0.15) is 20.7 Å². The van der Waals surface area contributed by atoms with Crippen molar-refractivity contribution >= 4 is 30.9 Å². The van der Waals surface area contributed by atoms with Gasteiger partial charge in [0.25, 0.3) is 0 Å². The molecule has 4 nitrogen and oxygen atoms in total. The molecule has 0 radical (unpaired) electrons. The van der Waals surface area contributed by atoms with Crippen LogP contribution in [0, 0.1) is 0 Å². The van der Waals surface area contributed by atoms with Crippen molar-refractivity contribution in [2.45, 2.75) is 0 Å². The SMILES string of the molecule is O=C(OP)c1ccccc1C(=O)OP. The van der Waals surface area contributed by atoms with E-state index in [0.29, 0.717) is 0 Å². The first kappa shape index (κ1) is 11.1. The molecule has 2 atom stereocenters. The summed E-state index contributed by atoms with van der Waals surface area (Å²) in [5.41, 5.74) is 0.352. The van der Waals surface area contributed by atoms with E-state index in [9.17, 15) is 9.59 Å². The van der Waals surface area contributed by atoms with Gasteiger partial charge in [-0.25, -0.2) is 9.59 Å². The van der Waals surface area contributed by atoms with E-state index in [1.807, 2.05) is 18.9 Å². The van der Waals surface area contributed by atoms with Gasteiger partial charge in [-0.15, -0.1) is 0 Å². The first-order valence-electron chi connectivity index (χ1n) is 3.62. The van der Waals surface area contributed by atoms with Crippen LogP contribution in [0.3, 0.4) is 0 Å². The van der Waals surface area contributed by atoms with Gasteiger partial charge in [-0.3, -0.25) is 0 Å². The topological polar surface area (TPSA) is 52.6 Å². The maximum Gasteiger partial charge on any atom is 0.341 e. The second kappa shape index (κ2) is 5.04. The van der Waals surface area contributed by atoms with Gasteiger partial charge in [0.2, 0.25) is 0 Å². The van der Waals surface area contributed by atoms with Crippen molar-refractivity contribution in [3.8, 4) is 0 Å². The van der Waals surface area contributed by atoms with Crippen LogP contribution in [0.2, 0.25) is 0 Å². The lowest BCUT2D eigenvalue weighted by molar-refractivity contribution is 0.0723. The number of hydrogen-bond donors (Lipinski definition) is 0. The van der Waals surface area contributed by atoms with E-state index in [1.54, 1.807) is 12.1 Å². The van der Waals surface area contributed by atoms with Gasteiger partial charge >= 0.3 is 11.9 Å². The van der Waals surface area contributed by atoms with Gasteiger partial charge in [-0.1, -0.05) is 12.1 Å². The molecule has 1 aromatic rings. The van der Waals surface area contributed by atoms with Crippen LogP contribution < -0.4 is 0 Å². The summed E-state index contributed by atoms with van der Waals surface area (Å²) in [6.45, 7) is 0. The zero-order chi connectivity index (χ0) is 10.6. The lowest BCUT2D eigenvalue weighted by Crippen LogP contribution is -2.08. The smallest absolute Gasteiger partial charge is 0.341 e. The average molecular weight is 230 g/mol. The Morgan fingerprint density at radius 2 is 1.29 bits per heavy atom. The Morgan fingerprint density at radius 1 is 0.929 bits per heavy atom. The molecule has 1 aromatic carbocycles. The van der Waals surface area contributed by atoms with E-state index in [2.05, 4.69) is 9.05 Å². The van der Waals surface area contributed by atoms with E-state index in [1.165, 1.54) is 12.1 Å². The summed E-state index contributed by atoms with van der Waals surface area (Å²) in [6.07, 6.45) is 0. The fraction of sp³-hybridized carbons (Fsp3) is 0. The van der Waals surface area contributed by atoms with Crippen molar-refractivity contribution in [2.24, 2.45) is 0 Å². The Bertz CT molecular complexity index is 329. The normalized spacial score (nSPS) is 9.29. The molecular formula is C8H8O4P2. The van der Waals surface area contributed by atoms with Crippen molar-refractivity contribution in [3.63, 3.8) is 0 Å². The number of rotatable bonds is 2. The summed E-state index contributed by atoms with van der Waals surface area (Å²) in [5, 5.41) is 0. The molecule has 0 aliphatic carbocycles.